The zero-order chi connectivity index (χ0) is 13.5. The van der Waals surface area contributed by atoms with Gasteiger partial charge in [0.1, 0.15) is 4.88 Å². The van der Waals surface area contributed by atoms with Gasteiger partial charge in [0.2, 0.25) is 0 Å². The first-order valence-electron chi connectivity index (χ1n) is 6.29. The molecule has 1 amide bonds. The van der Waals surface area contributed by atoms with Crippen molar-refractivity contribution in [2.45, 2.75) is 18.9 Å². The van der Waals surface area contributed by atoms with Crippen LogP contribution in [0.4, 0.5) is 0 Å². The van der Waals surface area contributed by atoms with Crippen molar-refractivity contribution >= 4 is 17.2 Å². The molecule has 3 rings (SSSR count). The maximum absolute atomic E-state index is 12.5. The second kappa shape index (κ2) is 4.51. The number of rotatable bonds is 2. The SMILES string of the molecule is CC1(O)CCN(C(=O)c2sccc2-n2cccc2)C1. The van der Waals surface area contributed by atoms with Gasteiger partial charge in [-0.05, 0) is 36.9 Å². The molecule has 1 atom stereocenters. The number of carbonyl (C=O) groups excluding carboxylic acids is 1. The van der Waals surface area contributed by atoms with Crippen molar-refractivity contribution in [2.24, 2.45) is 0 Å². The molecule has 3 heterocycles. The monoisotopic (exact) mass is 276 g/mol. The standard InChI is InChI=1S/C14H16N2O2S/c1-14(18)5-8-16(10-14)13(17)12-11(4-9-19-12)15-6-2-3-7-15/h2-4,6-7,9,18H,5,8,10H2,1H3. The summed E-state index contributed by atoms with van der Waals surface area (Å²) in [5.74, 6) is 0.0106. The van der Waals surface area contributed by atoms with E-state index >= 15 is 0 Å². The molecule has 0 saturated carbocycles. The highest BCUT2D eigenvalue weighted by atomic mass is 32.1. The fourth-order valence-corrected chi connectivity index (χ4v) is 3.28. The summed E-state index contributed by atoms with van der Waals surface area (Å²) in [5, 5.41) is 11.9. The van der Waals surface area contributed by atoms with Crippen LogP contribution in [0.15, 0.2) is 36.0 Å². The molecule has 0 aliphatic carbocycles. The largest absolute Gasteiger partial charge is 0.388 e. The number of β-amino-alcohol motifs (C(OH)–C–C–N with tert-alkyl or cyclic N) is 1. The first kappa shape index (κ1) is 12.4. The van der Waals surface area contributed by atoms with Crippen LogP contribution in [-0.4, -0.2) is 39.2 Å². The second-order valence-electron chi connectivity index (χ2n) is 5.20. The molecule has 1 aliphatic heterocycles. The molecule has 1 unspecified atom stereocenters. The number of thiophene rings is 1. The van der Waals surface area contributed by atoms with Crippen LogP contribution in [0.3, 0.4) is 0 Å². The summed E-state index contributed by atoms with van der Waals surface area (Å²) >= 11 is 1.45. The van der Waals surface area contributed by atoms with Gasteiger partial charge in [-0.15, -0.1) is 11.3 Å². The van der Waals surface area contributed by atoms with E-state index in [1.54, 1.807) is 11.8 Å². The number of hydrogen-bond acceptors (Lipinski definition) is 3. The third-order valence-electron chi connectivity index (χ3n) is 3.46. The van der Waals surface area contributed by atoms with E-state index in [2.05, 4.69) is 0 Å². The number of carbonyl (C=O) groups is 1. The van der Waals surface area contributed by atoms with Crippen LogP contribution in [-0.2, 0) is 0 Å². The van der Waals surface area contributed by atoms with E-state index in [0.717, 1.165) is 10.6 Å². The molecule has 5 heteroatoms. The summed E-state index contributed by atoms with van der Waals surface area (Å²) in [6.07, 6.45) is 4.50. The third kappa shape index (κ3) is 2.31. The molecule has 1 saturated heterocycles. The highest BCUT2D eigenvalue weighted by molar-refractivity contribution is 7.12. The maximum atomic E-state index is 12.5. The Morgan fingerprint density at radius 2 is 2.16 bits per heavy atom. The fraction of sp³-hybridized carbons (Fsp3) is 0.357. The van der Waals surface area contributed by atoms with Gasteiger partial charge >= 0.3 is 0 Å². The molecule has 2 aromatic heterocycles. The first-order valence-corrected chi connectivity index (χ1v) is 7.17. The van der Waals surface area contributed by atoms with Crippen LogP contribution in [0.1, 0.15) is 23.0 Å². The molecule has 4 nitrogen and oxygen atoms in total. The molecule has 0 aromatic carbocycles. The van der Waals surface area contributed by atoms with Gasteiger partial charge in [-0.25, -0.2) is 0 Å². The van der Waals surface area contributed by atoms with Crippen LogP contribution in [0, 0.1) is 0 Å². The van der Waals surface area contributed by atoms with Crippen LogP contribution < -0.4 is 0 Å². The third-order valence-corrected chi connectivity index (χ3v) is 4.35. The Morgan fingerprint density at radius 3 is 2.79 bits per heavy atom. The minimum Gasteiger partial charge on any atom is -0.388 e. The van der Waals surface area contributed by atoms with E-state index in [1.807, 2.05) is 40.5 Å². The quantitative estimate of drug-likeness (QED) is 0.913. The average Bonchev–Trinajstić information content (AvgIpc) is 3.06. The van der Waals surface area contributed by atoms with E-state index in [1.165, 1.54) is 11.3 Å². The molecule has 0 bridgehead atoms. The van der Waals surface area contributed by atoms with Gasteiger partial charge in [-0.1, -0.05) is 0 Å². The van der Waals surface area contributed by atoms with Crippen LogP contribution in [0.2, 0.25) is 0 Å². The summed E-state index contributed by atoms with van der Waals surface area (Å²) in [6.45, 7) is 2.81. The predicted octanol–water partition coefficient (Wildman–Crippen LogP) is 2.14. The summed E-state index contributed by atoms with van der Waals surface area (Å²) in [4.78, 5) is 15.0. The van der Waals surface area contributed by atoms with E-state index < -0.39 is 5.60 Å². The Kier molecular flexibility index (Phi) is 2.95. The van der Waals surface area contributed by atoms with Gasteiger partial charge in [0.25, 0.3) is 5.91 Å². The molecule has 1 N–H and O–H groups in total. The van der Waals surface area contributed by atoms with Crippen molar-refractivity contribution in [2.75, 3.05) is 13.1 Å². The smallest absolute Gasteiger partial charge is 0.266 e. The summed E-state index contributed by atoms with van der Waals surface area (Å²) < 4.78 is 1.94. The summed E-state index contributed by atoms with van der Waals surface area (Å²) in [5.41, 5.74) is 0.159. The Labute approximate surface area is 115 Å². The Bertz CT molecular complexity index is 586. The van der Waals surface area contributed by atoms with E-state index in [4.69, 9.17) is 0 Å². The lowest BCUT2D eigenvalue weighted by Gasteiger charge is -2.19. The number of aliphatic hydroxyl groups is 1. The molecule has 1 fully saturated rings. The van der Waals surface area contributed by atoms with Gasteiger partial charge in [0, 0.05) is 25.5 Å². The van der Waals surface area contributed by atoms with Gasteiger partial charge in [0.15, 0.2) is 0 Å². The van der Waals surface area contributed by atoms with Gasteiger partial charge in [-0.2, -0.15) is 0 Å². The van der Waals surface area contributed by atoms with Crippen molar-refractivity contribution < 1.29 is 9.90 Å². The van der Waals surface area contributed by atoms with Crippen molar-refractivity contribution in [1.29, 1.82) is 0 Å². The molecule has 0 radical (unpaired) electrons. The molecule has 100 valence electrons. The Morgan fingerprint density at radius 1 is 1.42 bits per heavy atom. The zero-order valence-corrected chi connectivity index (χ0v) is 11.6. The minimum atomic E-state index is -0.749. The van der Waals surface area contributed by atoms with E-state index in [-0.39, 0.29) is 5.91 Å². The number of aromatic nitrogens is 1. The van der Waals surface area contributed by atoms with Crippen molar-refractivity contribution in [3.05, 3.63) is 40.8 Å². The summed E-state index contributed by atoms with van der Waals surface area (Å²) in [7, 11) is 0. The van der Waals surface area contributed by atoms with Crippen LogP contribution >= 0.6 is 11.3 Å². The normalized spacial score (nSPS) is 22.9. The lowest BCUT2D eigenvalue weighted by atomic mass is 10.1. The molecule has 2 aromatic rings. The topological polar surface area (TPSA) is 45.5 Å². The van der Waals surface area contributed by atoms with E-state index in [0.29, 0.717) is 19.5 Å². The Balaban J connectivity index is 1.88. The van der Waals surface area contributed by atoms with Gasteiger partial charge in [-0.3, -0.25) is 4.79 Å². The number of likely N-dealkylation sites (tertiary alicyclic amines) is 1. The number of hydrogen-bond donors (Lipinski definition) is 1. The second-order valence-corrected chi connectivity index (χ2v) is 6.12. The van der Waals surface area contributed by atoms with E-state index in [9.17, 15) is 9.90 Å². The highest BCUT2D eigenvalue weighted by Crippen LogP contribution is 2.27. The number of nitrogens with zero attached hydrogens (tertiary/aromatic N) is 2. The van der Waals surface area contributed by atoms with Crippen LogP contribution in [0.5, 0.6) is 0 Å². The van der Waals surface area contributed by atoms with Gasteiger partial charge < -0.3 is 14.6 Å². The highest BCUT2D eigenvalue weighted by Gasteiger charge is 2.35. The molecule has 19 heavy (non-hydrogen) atoms. The molecule has 1 aliphatic rings. The first-order chi connectivity index (χ1) is 9.07. The van der Waals surface area contributed by atoms with Crippen molar-refractivity contribution in [3.8, 4) is 5.69 Å². The average molecular weight is 276 g/mol. The molecule has 0 spiro atoms. The molecular formula is C14H16N2O2S. The van der Waals surface area contributed by atoms with Crippen LogP contribution in [0.25, 0.3) is 5.69 Å². The van der Waals surface area contributed by atoms with Crippen molar-refractivity contribution in [3.63, 3.8) is 0 Å². The lowest BCUT2D eigenvalue weighted by Crippen LogP contribution is -2.33. The van der Waals surface area contributed by atoms with Gasteiger partial charge in [0.05, 0.1) is 11.3 Å². The molecular weight excluding hydrogens is 260 g/mol. The predicted molar refractivity (Wildman–Crippen MR) is 74.8 cm³/mol. The number of amides is 1. The van der Waals surface area contributed by atoms with Crippen molar-refractivity contribution in [1.82, 2.24) is 9.47 Å². The zero-order valence-electron chi connectivity index (χ0n) is 10.7. The lowest BCUT2D eigenvalue weighted by molar-refractivity contribution is 0.0575. The maximum Gasteiger partial charge on any atom is 0.266 e. The minimum absolute atomic E-state index is 0.0106. The summed E-state index contributed by atoms with van der Waals surface area (Å²) in [6, 6.07) is 5.82. The fourth-order valence-electron chi connectivity index (χ4n) is 2.42. The Hall–Kier alpha value is -1.59.